The van der Waals surface area contributed by atoms with Gasteiger partial charge < -0.3 is 15.6 Å². The Morgan fingerprint density at radius 1 is 1.33 bits per heavy atom. The average Bonchev–Trinajstić information content (AvgIpc) is 3.05. The van der Waals surface area contributed by atoms with E-state index in [-0.39, 0.29) is 17.8 Å². The van der Waals surface area contributed by atoms with Gasteiger partial charge in [0.15, 0.2) is 0 Å². The molecule has 3 rings (SSSR count). The number of benzene rings is 2. The number of nitrogens with one attached hydrogen (secondary N) is 1. The molecule has 0 saturated heterocycles. The van der Waals surface area contributed by atoms with Gasteiger partial charge >= 0.3 is 0 Å². The van der Waals surface area contributed by atoms with Crippen molar-refractivity contribution in [3.8, 4) is 5.69 Å². The number of hydrogen-bond donors (Lipinski definition) is 2. The second kappa shape index (κ2) is 7.24. The molecule has 0 aliphatic carbocycles. The zero-order chi connectivity index (χ0) is 19.6. The summed E-state index contributed by atoms with van der Waals surface area (Å²) in [6.07, 6.45) is 3.26. The number of nitro groups is 1. The zero-order valence-electron chi connectivity index (χ0n) is 14.3. The summed E-state index contributed by atoms with van der Waals surface area (Å²) >= 11 is 0. The average molecular weight is 369 g/mol. The topological polar surface area (TPSA) is 116 Å². The second-order valence-electron chi connectivity index (χ2n) is 5.84. The summed E-state index contributed by atoms with van der Waals surface area (Å²) in [5.74, 6) is -0.552. The smallest absolute Gasteiger partial charge is 0.270 e. The van der Waals surface area contributed by atoms with Gasteiger partial charge in [0.25, 0.3) is 11.6 Å². The first-order chi connectivity index (χ1) is 12.9. The molecule has 3 N–H and O–H groups in total. The van der Waals surface area contributed by atoms with Gasteiger partial charge in [-0.15, -0.1) is 0 Å². The molecule has 0 radical (unpaired) electrons. The summed E-state index contributed by atoms with van der Waals surface area (Å²) in [7, 11) is 0. The van der Waals surface area contributed by atoms with E-state index in [0.29, 0.717) is 22.8 Å². The molecular weight excluding hydrogens is 353 g/mol. The predicted molar refractivity (Wildman–Crippen MR) is 97.2 cm³/mol. The third-order valence-corrected chi connectivity index (χ3v) is 4.06. The molecule has 3 aromatic rings. The number of primary amides is 1. The van der Waals surface area contributed by atoms with Crippen LogP contribution in [-0.4, -0.2) is 20.4 Å². The standard InChI is InChI=1S/C18H16FN5O3/c1-11-21-6-7-23(11)17-5-2-12(8-15(17)19)10-22-16-4-3-13(24(26)27)9-14(16)18(20)25/h2-9,22H,10H2,1H3,(H2,20,25). The Balaban J connectivity index is 1.81. The minimum atomic E-state index is -0.793. The summed E-state index contributed by atoms with van der Waals surface area (Å²) in [5, 5.41) is 13.8. The predicted octanol–water partition coefficient (Wildman–Crippen LogP) is 2.94. The highest BCUT2D eigenvalue weighted by Gasteiger charge is 2.15. The first-order valence-corrected chi connectivity index (χ1v) is 7.97. The molecule has 9 heteroatoms. The molecule has 0 fully saturated rings. The van der Waals surface area contributed by atoms with Gasteiger partial charge in [-0.2, -0.15) is 0 Å². The molecule has 0 unspecified atom stereocenters. The van der Waals surface area contributed by atoms with Crippen molar-refractivity contribution >= 4 is 17.3 Å². The number of aryl methyl sites for hydroxylation is 1. The number of nitrogens with zero attached hydrogens (tertiary/aromatic N) is 3. The second-order valence-corrected chi connectivity index (χ2v) is 5.84. The van der Waals surface area contributed by atoms with Crippen LogP contribution in [0.1, 0.15) is 21.7 Å². The van der Waals surface area contributed by atoms with E-state index >= 15 is 0 Å². The summed E-state index contributed by atoms with van der Waals surface area (Å²) in [5.41, 5.74) is 6.40. The SMILES string of the molecule is Cc1nccn1-c1ccc(CNc2ccc([N+](=O)[O-])cc2C(N)=O)cc1F. The largest absolute Gasteiger partial charge is 0.380 e. The lowest BCUT2D eigenvalue weighted by atomic mass is 10.1. The van der Waals surface area contributed by atoms with E-state index < -0.39 is 16.6 Å². The number of imidazole rings is 1. The number of carbonyl (C=O) groups excluding carboxylic acids is 1. The number of nitrogens with two attached hydrogens (primary N) is 1. The number of nitro benzene ring substituents is 1. The highest BCUT2D eigenvalue weighted by molar-refractivity contribution is 5.99. The van der Waals surface area contributed by atoms with Crippen LogP contribution in [0.3, 0.4) is 0 Å². The number of carbonyl (C=O) groups is 1. The van der Waals surface area contributed by atoms with Crippen LogP contribution in [0.5, 0.6) is 0 Å². The van der Waals surface area contributed by atoms with Crippen LogP contribution in [0.15, 0.2) is 48.8 Å². The first kappa shape index (κ1) is 18.1. The maximum Gasteiger partial charge on any atom is 0.270 e. The minimum Gasteiger partial charge on any atom is -0.380 e. The van der Waals surface area contributed by atoms with Gasteiger partial charge in [-0.25, -0.2) is 9.37 Å². The van der Waals surface area contributed by atoms with Gasteiger partial charge in [0.2, 0.25) is 0 Å². The quantitative estimate of drug-likeness (QED) is 0.512. The lowest BCUT2D eigenvalue weighted by molar-refractivity contribution is -0.384. The van der Waals surface area contributed by atoms with Crippen molar-refractivity contribution in [3.63, 3.8) is 0 Å². The van der Waals surface area contributed by atoms with Crippen molar-refractivity contribution in [3.05, 3.63) is 81.7 Å². The fourth-order valence-electron chi connectivity index (χ4n) is 2.69. The molecule has 138 valence electrons. The molecule has 27 heavy (non-hydrogen) atoms. The number of hydrogen-bond acceptors (Lipinski definition) is 5. The molecule has 1 aromatic heterocycles. The third-order valence-electron chi connectivity index (χ3n) is 4.06. The number of rotatable bonds is 6. The van der Waals surface area contributed by atoms with Crippen LogP contribution >= 0.6 is 0 Å². The molecule has 0 aliphatic rings. The summed E-state index contributed by atoms with van der Waals surface area (Å²) in [6, 6.07) is 8.51. The Morgan fingerprint density at radius 2 is 2.11 bits per heavy atom. The van der Waals surface area contributed by atoms with Gasteiger partial charge in [0, 0.05) is 36.8 Å². The van der Waals surface area contributed by atoms with Gasteiger partial charge in [-0.3, -0.25) is 14.9 Å². The summed E-state index contributed by atoms with van der Waals surface area (Å²) < 4.78 is 16.1. The maximum absolute atomic E-state index is 14.4. The molecule has 1 heterocycles. The Hall–Kier alpha value is -3.75. The molecule has 0 aliphatic heterocycles. The summed E-state index contributed by atoms with van der Waals surface area (Å²) in [4.78, 5) is 25.9. The Bertz CT molecular complexity index is 1030. The van der Waals surface area contributed by atoms with Crippen LogP contribution in [-0.2, 0) is 6.54 Å². The molecule has 0 bridgehead atoms. The lowest BCUT2D eigenvalue weighted by Gasteiger charge is -2.12. The van der Waals surface area contributed by atoms with Crippen LogP contribution < -0.4 is 11.1 Å². The van der Waals surface area contributed by atoms with Crippen molar-refractivity contribution in [1.29, 1.82) is 0 Å². The minimum absolute atomic E-state index is 0.00432. The maximum atomic E-state index is 14.4. The molecule has 0 atom stereocenters. The zero-order valence-corrected chi connectivity index (χ0v) is 14.3. The number of amides is 1. The van der Waals surface area contributed by atoms with Crippen molar-refractivity contribution < 1.29 is 14.1 Å². The third kappa shape index (κ3) is 3.76. The normalized spacial score (nSPS) is 10.6. The number of anilines is 1. The molecule has 2 aromatic carbocycles. The highest BCUT2D eigenvalue weighted by Crippen LogP contribution is 2.23. The Labute approximate surface area is 153 Å². The highest BCUT2D eigenvalue weighted by atomic mass is 19.1. The molecule has 1 amide bonds. The number of non-ortho nitro benzene ring substituents is 1. The van der Waals surface area contributed by atoms with Gasteiger partial charge in [0.1, 0.15) is 11.6 Å². The van der Waals surface area contributed by atoms with E-state index in [9.17, 15) is 19.3 Å². The Kier molecular flexibility index (Phi) is 4.84. The van der Waals surface area contributed by atoms with Gasteiger partial charge in [0.05, 0.1) is 16.2 Å². The molecule has 0 spiro atoms. The van der Waals surface area contributed by atoms with Gasteiger partial charge in [-0.1, -0.05) is 6.07 Å². The number of aromatic nitrogens is 2. The van der Waals surface area contributed by atoms with E-state index in [2.05, 4.69) is 10.3 Å². The van der Waals surface area contributed by atoms with E-state index in [0.717, 1.165) is 6.07 Å². The van der Waals surface area contributed by atoms with Crippen LogP contribution in [0, 0.1) is 22.9 Å². The molecule has 0 saturated carbocycles. The van der Waals surface area contributed by atoms with E-state index in [1.165, 1.54) is 18.2 Å². The van der Waals surface area contributed by atoms with E-state index in [1.54, 1.807) is 36.0 Å². The van der Waals surface area contributed by atoms with Crippen LogP contribution in [0.2, 0.25) is 0 Å². The fraction of sp³-hybridized carbons (Fsp3) is 0.111. The van der Waals surface area contributed by atoms with Crippen molar-refractivity contribution in [2.45, 2.75) is 13.5 Å². The van der Waals surface area contributed by atoms with E-state index in [4.69, 9.17) is 5.73 Å². The van der Waals surface area contributed by atoms with E-state index in [1.807, 2.05) is 0 Å². The van der Waals surface area contributed by atoms with Gasteiger partial charge in [-0.05, 0) is 30.7 Å². The Morgan fingerprint density at radius 3 is 2.70 bits per heavy atom. The summed E-state index contributed by atoms with van der Waals surface area (Å²) in [6.45, 7) is 1.98. The first-order valence-electron chi connectivity index (χ1n) is 7.97. The monoisotopic (exact) mass is 369 g/mol. The lowest BCUT2D eigenvalue weighted by Crippen LogP contribution is -2.15. The number of halogens is 1. The van der Waals surface area contributed by atoms with Crippen LogP contribution in [0.4, 0.5) is 15.8 Å². The molecule has 8 nitrogen and oxygen atoms in total. The van der Waals surface area contributed by atoms with Crippen LogP contribution in [0.25, 0.3) is 5.69 Å². The van der Waals surface area contributed by atoms with Crippen molar-refractivity contribution in [2.75, 3.05) is 5.32 Å². The fourth-order valence-corrected chi connectivity index (χ4v) is 2.69. The van der Waals surface area contributed by atoms with Crippen molar-refractivity contribution in [1.82, 2.24) is 9.55 Å². The van der Waals surface area contributed by atoms with Crippen molar-refractivity contribution in [2.24, 2.45) is 5.73 Å². The molecular formula is C18H16FN5O3.